The molecule has 1 aromatic rings. The van der Waals surface area contributed by atoms with Gasteiger partial charge in [-0.3, -0.25) is 0 Å². The molecule has 0 saturated heterocycles. The first-order chi connectivity index (χ1) is 9.95. The molecular weight excluding hydrogens is 288 g/mol. The third-order valence-corrected chi connectivity index (χ3v) is 4.59. The van der Waals surface area contributed by atoms with E-state index in [-0.39, 0.29) is 5.09 Å². The molecule has 0 spiro atoms. The van der Waals surface area contributed by atoms with Crippen molar-refractivity contribution >= 4 is 10.0 Å². The van der Waals surface area contributed by atoms with Crippen LogP contribution in [0.2, 0.25) is 0 Å². The van der Waals surface area contributed by atoms with Gasteiger partial charge in [-0.2, -0.15) is 0 Å². The molecule has 0 atom stereocenters. The summed E-state index contributed by atoms with van der Waals surface area (Å²) in [6, 6.07) is 3.18. The Balaban J connectivity index is 2.26. The fourth-order valence-corrected chi connectivity index (χ4v) is 3.10. The number of sulfonamides is 1. The minimum atomic E-state index is -3.51. The first-order valence-electron chi connectivity index (χ1n) is 7.68. The first kappa shape index (κ1) is 18.2. The predicted octanol–water partition coefficient (Wildman–Crippen LogP) is 2.88. The van der Waals surface area contributed by atoms with E-state index in [9.17, 15) is 8.42 Å². The van der Waals surface area contributed by atoms with Crippen LogP contribution in [0.5, 0.6) is 0 Å². The molecule has 2 N–H and O–H groups in total. The zero-order valence-electron chi connectivity index (χ0n) is 13.3. The summed E-state index contributed by atoms with van der Waals surface area (Å²) in [7, 11) is -1.72. The van der Waals surface area contributed by atoms with E-state index < -0.39 is 10.0 Å². The summed E-state index contributed by atoms with van der Waals surface area (Å²) in [5.74, 6) is 1.36. The molecule has 21 heavy (non-hydrogen) atoms. The van der Waals surface area contributed by atoms with Crippen molar-refractivity contribution in [3.8, 4) is 0 Å². The normalized spacial score (nSPS) is 12.2. The molecule has 0 fully saturated rings. The lowest BCUT2D eigenvalue weighted by Crippen LogP contribution is -2.24. The van der Waals surface area contributed by atoms with Crippen molar-refractivity contribution in [1.82, 2.24) is 10.0 Å². The largest absolute Gasteiger partial charge is 0.447 e. The second-order valence-corrected chi connectivity index (χ2v) is 7.44. The molecule has 0 bridgehead atoms. The van der Waals surface area contributed by atoms with Gasteiger partial charge in [0, 0.05) is 6.54 Å². The zero-order valence-corrected chi connectivity index (χ0v) is 14.1. The summed E-state index contributed by atoms with van der Waals surface area (Å²) in [5.41, 5.74) is 0. The lowest BCUT2D eigenvalue weighted by atomic mass is 10.0. The highest BCUT2D eigenvalue weighted by Crippen LogP contribution is 2.14. The predicted molar refractivity (Wildman–Crippen MR) is 84.6 cm³/mol. The van der Waals surface area contributed by atoms with Crippen LogP contribution in [0.25, 0.3) is 0 Å². The van der Waals surface area contributed by atoms with Crippen LogP contribution < -0.4 is 10.0 Å². The third kappa shape index (κ3) is 7.11. The fraction of sp³-hybridized carbons (Fsp3) is 0.733. The Morgan fingerprint density at radius 1 is 1.14 bits per heavy atom. The lowest BCUT2D eigenvalue weighted by Gasteiger charge is -2.05. The van der Waals surface area contributed by atoms with Gasteiger partial charge >= 0.3 is 0 Å². The van der Waals surface area contributed by atoms with Gasteiger partial charge in [0.15, 0.2) is 0 Å². The maximum Gasteiger partial charge on any atom is 0.273 e. The number of rotatable bonds is 11. The molecule has 1 aromatic heterocycles. The Morgan fingerprint density at radius 2 is 1.86 bits per heavy atom. The van der Waals surface area contributed by atoms with Gasteiger partial charge in [-0.1, -0.05) is 39.5 Å². The average molecular weight is 316 g/mol. The minimum absolute atomic E-state index is 0.00689. The Hall–Kier alpha value is -0.850. The van der Waals surface area contributed by atoms with Crippen LogP contribution in [0, 0.1) is 5.92 Å². The number of hydrogen-bond donors (Lipinski definition) is 2. The molecule has 0 aliphatic heterocycles. The summed E-state index contributed by atoms with van der Waals surface area (Å²) >= 11 is 0. The molecule has 1 heterocycles. The fourth-order valence-electron chi connectivity index (χ4n) is 2.08. The number of unbranched alkanes of at least 4 members (excludes halogenated alkanes) is 3. The average Bonchev–Trinajstić information content (AvgIpc) is 2.87. The molecular formula is C15H28N2O3S. The van der Waals surface area contributed by atoms with E-state index in [1.165, 1.54) is 18.9 Å². The topological polar surface area (TPSA) is 71.3 Å². The first-order valence-corrected chi connectivity index (χ1v) is 9.17. The second kappa shape index (κ2) is 9.23. The highest BCUT2D eigenvalue weighted by Gasteiger charge is 2.17. The van der Waals surface area contributed by atoms with Gasteiger partial charge < -0.3 is 9.73 Å². The van der Waals surface area contributed by atoms with Crippen LogP contribution in [0.3, 0.4) is 0 Å². The quantitative estimate of drug-likeness (QED) is 0.616. The summed E-state index contributed by atoms with van der Waals surface area (Å²) < 4.78 is 31.9. The Kier molecular flexibility index (Phi) is 8.00. The summed E-state index contributed by atoms with van der Waals surface area (Å²) in [4.78, 5) is 0. The molecule has 122 valence electrons. The molecule has 0 radical (unpaired) electrons. The van der Waals surface area contributed by atoms with Crippen molar-refractivity contribution in [1.29, 1.82) is 0 Å². The van der Waals surface area contributed by atoms with Gasteiger partial charge in [0.05, 0.1) is 6.54 Å². The van der Waals surface area contributed by atoms with E-state index in [4.69, 9.17) is 4.42 Å². The van der Waals surface area contributed by atoms with Crippen LogP contribution in [0.15, 0.2) is 21.6 Å². The SMILES string of the molecule is CNCc1ccc(S(=O)(=O)NCCCCCCC(C)C)o1. The molecule has 0 aromatic carbocycles. The van der Waals surface area contributed by atoms with E-state index in [0.717, 1.165) is 25.2 Å². The smallest absolute Gasteiger partial charge is 0.273 e. The van der Waals surface area contributed by atoms with Crippen LogP contribution in [0.4, 0.5) is 0 Å². The van der Waals surface area contributed by atoms with Crippen LogP contribution in [-0.4, -0.2) is 22.0 Å². The highest BCUT2D eigenvalue weighted by atomic mass is 32.2. The van der Waals surface area contributed by atoms with Crippen molar-refractivity contribution < 1.29 is 12.8 Å². The maximum absolute atomic E-state index is 12.0. The van der Waals surface area contributed by atoms with Crippen LogP contribution in [-0.2, 0) is 16.6 Å². The van der Waals surface area contributed by atoms with E-state index in [1.807, 2.05) is 0 Å². The van der Waals surface area contributed by atoms with E-state index in [2.05, 4.69) is 23.9 Å². The van der Waals surface area contributed by atoms with E-state index >= 15 is 0 Å². The Bertz CT molecular complexity index is 495. The van der Waals surface area contributed by atoms with Gasteiger partial charge in [0.2, 0.25) is 5.09 Å². The molecule has 5 nitrogen and oxygen atoms in total. The number of furan rings is 1. The molecule has 0 aliphatic carbocycles. The van der Waals surface area contributed by atoms with Gasteiger partial charge in [0.25, 0.3) is 10.0 Å². The van der Waals surface area contributed by atoms with Crippen molar-refractivity contribution in [3.05, 3.63) is 17.9 Å². The molecule has 0 saturated carbocycles. The summed E-state index contributed by atoms with van der Waals surface area (Å²) in [6.45, 7) is 5.43. The summed E-state index contributed by atoms with van der Waals surface area (Å²) in [5, 5.41) is 2.91. The van der Waals surface area contributed by atoms with Crippen molar-refractivity contribution in [3.63, 3.8) is 0 Å². The van der Waals surface area contributed by atoms with Crippen molar-refractivity contribution in [2.45, 2.75) is 57.6 Å². The standard InChI is InChI=1S/C15H28N2O3S/c1-13(2)8-6-4-5-7-11-17-21(18,19)15-10-9-14(20-15)12-16-3/h9-10,13,16-17H,4-8,11-12H2,1-3H3. The van der Waals surface area contributed by atoms with Crippen molar-refractivity contribution in [2.75, 3.05) is 13.6 Å². The Morgan fingerprint density at radius 3 is 2.52 bits per heavy atom. The van der Waals surface area contributed by atoms with Crippen LogP contribution in [0.1, 0.15) is 51.7 Å². The van der Waals surface area contributed by atoms with E-state index in [1.54, 1.807) is 13.1 Å². The maximum atomic E-state index is 12.0. The second-order valence-electron chi connectivity index (χ2n) is 5.75. The molecule has 0 aliphatic rings. The zero-order chi connectivity index (χ0) is 15.7. The van der Waals surface area contributed by atoms with Crippen LogP contribution >= 0.6 is 0 Å². The minimum Gasteiger partial charge on any atom is -0.447 e. The van der Waals surface area contributed by atoms with Gasteiger partial charge in [-0.15, -0.1) is 0 Å². The molecule has 0 unspecified atom stereocenters. The molecule has 6 heteroatoms. The monoisotopic (exact) mass is 316 g/mol. The van der Waals surface area contributed by atoms with Crippen molar-refractivity contribution in [2.24, 2.45) is 5.92 Å². The van der Waals surface area contributed by atoms with E-state index in [0.29, 0.717) is 18.8 Å². The van der Waals surface area contributed by atoms with Gasteiger partial charge in [-0.05, 0) is 31.5 Å². The lowest BCUT2D eigenvalue weighted by molar-refractivity contribution is 0.404. The number of nitrogens with one attached hydrogen (secondary N) is 2. The number of hydrogen-bond acceptors (Lipinski definition) is 4. The molecule has 1 rings (SSSR count). The molecule has 0 amide bonds. The third-order valence-electron chi connectivity index (χ3n) is 3.25. The Labute approximate surface area is 128 Å². The summed E-state index contributed by atoms with van der Waals surface area (Å²) in [6.07, 6.45) is 5.54. The highest BCUT2D eigenvalue weighted by molar-refractivity contribution is 7.89. The van der Waals surface area contributed by atoms with Gasteiger partial charge in [-0.25, -0.2) is 13.1 Å². The van der Waals surface area contributed by atoms with Gasteiger partial charge in [0.1, 0.15) is 5.76 Å².